The van der Waals surface area contributed by atoms with E-state index in [1.165, 1.54) is 42.5 Å². The fourth-order valence-corrected chi connectivity index (χ4v) is 4.47. The number of rotatable bonds is 5. The molecule has 2 nitrogen and oxygen atoms in total. The predicted octanol–water partition coefficient (Wildman–Crippen LogP) is 4.31. The number of likely N-dealkylation sites (N-methyl/N-ethyl adjacent to an activating group) is 1. The topological polar surface area (TPSA) is 24.9 Å². The van der Waals surface area contributed by atoms with Crippen molar-refractivity contribution in [3.05, 3.63) is 51.5 Å². The summed E-state index contributed by atoms with van der Waals surface area (Å²) in [5.41, 5.74) is 2.92. The molecule has 0 saturated carbocycles. The number of hydrogen-bond donors (Lipinski definition) is 1. The Hall–Kier alpha value is -1.19. The number of aromatic nitrogens is 1. The van der Waals surface area contributed by atoms with Crippen molar-refractivity contribution in [2.75, 3.05) is 6.54 Å². The molecule has 3 heteroatoms. The molecule has 0 saturated heterocycles. The summed E-state index contributed by atoms with van der Waals surface area (Å²) < 4.78 is 0. The highest BCUT2D eigenvalue weighted by atomic mass is 32.1. The Kier molecular flexibility index (Phi) is 5.04. The van der Waals surface area contributed by atoms with E-state index in [9.17, 15) is 0 Å². The van der Waals surface area contributed by atoms with Gasteiger partial charge >= 0.3 is 0 Å². The first-order chi connectivity index (χ1) is 10.4. The monoisotopic (exact) mass is 300 g/mol. The molecule has 0 aromatic carbocycles. The SMILES string of the molecule is CCNC(Cc1cccnc1)c1cc2c(s1)CCCCC2. The second-order valence-corrected chi connectivity index (χ2v) is 7.00. The molecule has 1 aliphatic carbocycles. The lowest BCUT2D eigenvalue weighted by Gasteiger charge is -2.16. The maximum atomic E-state index is 4.24. The standard InChI is InChI=1S/C18H24N2S/c1-2-20-16(11-14-7-6-10-19-13-14)18-12-15-8-4-3-5-9-17(15)21-18/h6-7,10,12-13,16,20H,2-5,8-9,11H2,1H3. The first-order valence-corrected chi connectivity index (χ1v) is 8.92. The lowest BCUT2D eigenvalue weighted by molar-refractivity contribution is 0.557. The summed E-state index contributed by atoms with van der Waals surface area (Å²) in [6.45, 7) is 3.20. The highest BCUT2D eigenvalue weighted by molar-refractivity contribution is 7.12. The van der Waals surface area contributed by atoms with Crippen LogP contribution in [0.1, 0.15) is 53.1 Å². The molecular weight excluding hydrogens is 276 g/mol. The van der Waals surface area contributed by atoms with Crippen LogP contribution in [0.25, 0.3) is 0 Å². The zero-order valence-corrected chi connectivity index (χ0v) is 13.6. The van der Waals surface area contributed by atoms with Crippen molar-refractivity contribution in [3.63, 3.8) is 0 Å². The van der Waals surface area contributed by atoms with Gasteiger partial charge in [-0.25, -0.2) is 0 Å². The zero-order chi connectivity index (χ0) is 14.5. The molecule has 1 aliphatic rings. The van der Waals surface area contributed by atoms with E-state index in [2.05, 4.69) is 29.4 Å². The Balaban J connectivity index is 1.80. The highest BCUT2D eigenvalue weighted by Crippen LogP contribution is 2.33. The Bertz CT molecular complexity index is 538. The molecule has 1 N–H and O–H groups in total. The van der Waals surface area contributed by atoms with Crippen LogP contribution in [0.2, 0.25) is 0 Å². The Morgan fingerprint density at radius 2 is 2.19 bits per heavy atom. The van der Waals surface area contributed by atoms with Crippen LogP contribution in [-0.4, -0.2) is 11.5 Å². The van der Waals surface area contributed by atoms with E-state index in [0.717, 1.165) is 13.0 Å². The van der Waals surface area contributed by atoms with Crippen LogP contribution in [0.15, 0.2) is 30.6 Å². The third-order valence-electron chi connectivity index (χ3n) is 4.22. The number of nitrogens with zero attached hydrogens (tertiary/aromatic N) is 1. The van der Waals surface area contributed by atoms with E-state index < -0.39 is 0 Å². The Labute approximate surface area is 131 Å². The molecule has 0 spiro atoms. The normalized spacial score (nSPS) is 16.2. The van der Waals surface area contributed by atoms with Crippen LogP contribution in [0.5, 0.6) is 0 Å². The van der Waals surface area contributed by atoms with Gasteiger partial charge in [0.05, 0.1) is 0 Å². The van der Waals surface area contributed by atoms with Crippen molar-refractivity contribution >= 4 is 11.3 Å². The molecule has 1 atom stereocenters. The molecule has 2 aromatic heterocycles. The van der Waals surface area contributed by atoms with Gasteiger partial charge in [-0.15, -0.1) is 11.3 Å². The molecule has 0 amide bonds. The van der Waals surface area contributed by atoms with Crippen molar-refractivity contribution in [3.8, 4) is 0 Å². The summed E-state index contributed by atoms with van der Waals surface area (Å²) in [5.74, 6) is 0. The minimum atomic E-state index is 0.427. The molecule has 2 heterocycles. The zero-order valence-electron chi connectivity index (χ0n) is 12.8. The molecule has 21 heavy (non-hydrogen) atoms. The van der Waals surface area contributed by atoms with Gasteiger partial charge in [0, 0.05) is 28.2 Å². The number of pyridine rings is 1. The van der Waals surface area contributed by atoms with E-state index in [0.29, 0.717) is 6.04 Å². The van der Waals surface area contributed by atoms with Gasteiger partial charge in [0.15, 0.2) is 0 Å². The van der Waals surface area contributed by atoms with Crippen molar-refractivity contribution in [2.45, 2.75) is 51.5 Å². The summed E-state index contributed by atoms with van der Waals surface area (Å²) in [6, 6.07) is 7.10. The number of fused-ring (bicyclic) bond motifs is 1. The van der Waals surface area contributed by atoms with Gasteiger partial charge in [-0.2, -0.15) is 0 Å². The smallest absolute Gasteiger partial charge is 0.0456 e. The van der Waals surface area contributed by atoms with E-state index in [4.69, 9.17) is 0 Å². The van der Waals surface area contributed by atoms with Gasteiger partial charge in [0.2, 0.25) is 0 Å². The number of nitrogens with one attached hydrogen (secondary N) is 1. The summed E-state index contributed by atoms with van der Waals surface area (Å²) in [4.78, 5) is 7.39. The second kappa shape index (κ2) is 7.19. The fourth-order valence-electron chi connectivity index (χ4n) is 3.14. The van der Waals surface area contributed by atoms with Crippen LogP contribution >= 0.6 is 11.3 Å². The second-order valence-electron chi connectivity index (χ2n) is 5.83. The average Bonchev–Trinajstić information content (AvgIpc) is 2.79. The molecule has 2 aromatic rings. The summed E-state index contributed by atoms with van der Waals surface area (Å²) in [7, 11) is 0. The molecule has 112 valence electrons. The van der Waals surface area contributed by atoms with E-state index in [1.807, 2.05) is 29.8 Å². The van der Waals surface area contributed by atoms with Gasteiger partial charge in [0.1, 0.15) is 0 Å². The summed E-state index contributed by atoms with van der Waals surface area (Å²) in [6.07, 6.45) is 11.5. The van der Waals surface area contributed by atoms with Crippen molar-refractivity contribution < 1.29 is 0 Å². The minimum absolute atomic E-state index is 0.427. The van der Waals surface area contributed by atoms with E-state index in [-0.39, 0.29) is 0 Å². The molecule has 0 aliphatic heterocycles. The predicted molar refractivity (Wildman–Crippen MR) is 89.9 cm³/mol. The molecule has 0 radical (unpaired) electrons. The van der Waals surface area contributed by atoms with Crippen LogP contribution < -0.4 is 5.32 Å². The summed E-state index contributed by atoms with van der Waals surface area (Å²) >= 11 is 2.03. The third kappa shape index (κ3) is 3.72. The molecular formula is C18H24N2S. The van der Waals surface area contributed by atoms with Gasteiger partial charge in [0.25, 0.3) is 0 Å². The molecule has 0 bridgehead atoms. The van der Waals surface area contributed by atoms with Crippen LogP contribution in [-0.2, 0) is 19.3 Å². The first-order valence-electron chi connectivity index (χ1n) is 8.10. The maximum Gasteiger partial charge on any atom is 0.0456 e. The maximum absolute atomic E-state index is 4.24. The number of thiophene rings is 1. The van der Waals surface area contributed by atoms with Gasteiger partial charge in [-0.1, -0.05) is 19.4 Å². The Morgan fingerprint density at radius 3 is 3.00 bits per heavy atom. The van der Waals surface area contributed by atoms with Gasteiger partial charge < -0.3 is 5.32 Å². The fraction of sp³-hybridized carbons (Fsp3) is 0.500. The van der Waals surface area contributed by atoms with Crippen LogP contribution in [0.4, 0.5) is 0 Å². The van der Waals surface area contributed by atoms with Crippen molar-refractivity contribution in [1.82, 2.24) is 10.3 Å². The third-order valence-corrected chi connectivity index (χ3v) is 5.57. The average molecular weight is 300 g/mol. The van der Waals surface area contributed by atoms with Crippen LogP contribution in [0, 0.1) is 0 Å². The molecule has 1 unspecified atom stereocenters. The minimum Gasteiger partial charge on any atom is -0.309 e. The largest absolute Gasteiger partial charge is 0.309 e. The van der Waals surface area contributed by atoms with Gasteiger partial charge in [-0.3, -0.25) is 4.98 Å². The quantitative estimate of drug-likeness (QED) is 0.833. The Morgan fingerprint density at radius 1 is 1.29 bits per heavy atom. The number of hydrogen-bond acceptors (Lipinski definition) is 3. The molecule has 3 rings (SSSR count). The van der Waals surface area contributed by atoms with Gasteiger partial charge in [-0.05, 0) is 61.9 Å². The van der Waals surface area contributed by atoms with Crippen molar-refractivity contribution in [2.24, 2.45) is 0 Å². The van der Waals surface area contributed by atoms with E-state index in [1.54, 1.807) is 10.4 Å². The first kappa shape index (κ1) is 14.7. The lowest BCUT2D eigenvalue weighted by atomic mass is 10.0. The van der Waals surface area contributed by atoms with E-state index >= 15 is 0 Å². The highest BCUT2D eigenvalue weighted by Gasteiger charge is 2.18. The van der Waals surface area contributed by atoms with Crippen LogP contribution in [0.3, 0.4) is 0 Å². The summed E-state index contributed by atoms with van der Waals surface area (Å²) in [5, 5.41) is 3.65. The lowest BCUT2D eigenvalue weighted by Crippen LogP contribution is -2.22. The number of aryl methyl sites for hydroxylation is 2. The molecule has 0 fully saturated rings. The van der Waals surface area contributed by atoms with Crippen molar-refractivity contribution in [1.29, 1.82) is 0 Å².